The van der Waals surface area contributed by atoms with E-state index in [1.54, 1.807) is 0 Å². The lowest BCUT2D eigenvalue weighted by Gasteiger charge is -2.53. The van der Waals surface area contributed by atoms with Gasteiger partial charge in [0.15, 0.2) is 0 Å². The molecule has 1 aromatic rings. The first-order valence-corrected chi connectivity index (χ1v) is 9.23. The molecule has 2 bridgehead atoms. The quantitative estimate of drug-likeness (QED) is 0.881. The predicted molar refractivity (Wildman–Crippen MR) is 92.6 cm³/mol. The van der Waals surface area contributed by atoms with E-state index in [1.807, 2.05) is 50.9 Å². The van der Waals surface area contributed by atoms with Crippen molar-refractivity contribution in [1.29, 1.82) is 0 Å². The number of nitrogens with zero attached hydrogens (tertiary/aromatic N) is 1. The molecule has 3 aliphatic rings. The van der Waals surface area contributed by atoms with Crippen molar-refractivity contribution in [2.45, 2.75) is 80.2 Å². The monoisotopic (exact) mass is 334 g/mol. The zero-order valence-corrected chi connectivity index (χ0v) is 15.0. The molecule has 0 spiro atoms. The zero-order chi connectivity index (χ0) is 16.6. The van der Waals surface area contributed by atoms with Gasteiger partial charge in [0, 0.05) is 16.5 Å². The van der Waals surface area contributed by atoms with E-state index in [-0.39, 0.29) is 11.6 Å². The largest absolute Gasteiger partial charge is 0.444 e. The molecule has 0 aliphatic heterocycles. The summed E-state index contributed by atoms with van der Waals surface area (Å²) in [5.41, 5.74) is -0.503. The second-order valence-corrected chi connectivity index (χ2v) is 9.35. The summed E-state index contributed by atoms with van der Waals surface area (Å²) >= 11 is 1.92. The first-order chi connectivity index (χ1) is 10.8. The Morgan fingerprint density at radius 3 is 2.35 bits per heavy atom. The van der Waals surface area contributed by atoms with Crippen LogP contribution in [-0.4, -0.2) is 27.0 Å². The summed E-state index contributed by atoms with van der Waals surface area (Å²) in [5, 5.41) is 4.28. The summed E-state index contributed by atoms with van der Waals surface area (Å²) in [7, 11) is 0. The number of fused-ring (bicyclic) bond motifs is 3. The van der Waals surface area contributed by atoms with Crippen molar-refractivity contribution in [3.8, 4) is 0 Å². The molecule has 0 saturated heterocycles. The van der Waals surface area contributed by atoms with Crippen molar-refractivity contribution in [2.24, 2.45) is 0 Å². The van der Waals surface area contributed by atoms with Crippen LogP contribution in [0, 0.1) is 0 Å². The highest BCUT2D eigenvalue weighted by molar-refractivity contribution is 8.00. The Balaban J connectivity index is 1.60. The normalized spacial score (nSPS) is 30.0. The van der Waals surface area contributed by atoms with Gasteiger partial charge in [0.2, 0.25) is 0 Å². The van der Waals surface area contributed by atoms with Crippen LogP contribution in [0.4, 0.5) is 4.79 Å². The molecule has 23 heavy (non-hydrogen) atoms. The minimum Gasteiger partial charge on any atom is -0.444 e. The van der Waals surface area contributed by atoms with E-state index in [4.69, 9.17) is 4.74 Å². The van der Waals surface area contributed by atoms with Crippen LogP contribution >= 0.6 is 11.8 Å². The first kappa shape index (κ1) is 16.6. The van der Waals surface area contributed by atoms with Crippen molar-refractivity contribution in [2.75, 3.05) is 0 Å². The number of carbonyl (C=O) groups excluding carboxylic acids is 1. The van der Waals surface area contributed by atoms with E-state index in [2.05, 4.69) is 16.4 Å². The molecule has 3 saturated carbocycles. The van der Waals surface area contributed by atoms with Gasteiger partial charge in [-0.05, 0) is 71.4 Å². The maximum absolute atomic E-state index is 12.1. The fourth-order valence-electron chi connectivity index (χ4n) is 3.64. The van der Waals surface area contributed by atoms with Crippen LogP contribution in [0.1, 0.15) is 59.3 Å². The van der Waals surface area contributed by atoms with Crippen molar-refractivity contribution in [3.05, 3.63) is 24.4 Å². The number of hydrogen-bond acceptors (Lipinski definition) is 4. The minimum atomic E-state index is -0.442. The summed E-state index contributed by atoms with van der Waals surface area (Å²) in [6.45, 7) is 5.71. The lowest BCUT2D eigenvalue weighted by molar-refractivity contribution is 0.0342. The summed E-state index contributed by atoms with van der Waals surface area (Å²) in [6, 6.07) is 6.10. The van der Waals surface area contributed by atoms with Gasteiger partial charge in [0.25, 0.3) is 0 Å². The molecule has 3 aliphatic carbocycles. The number of amides is 1. The van der Waals surface area contributed by atoms with Gasteiger partial charge in [-0.1, -0.05) is 17.8 Å². The van der Waals surface area contributed by atoms with E-state index in [0.29, 0.717) is 4.75 Å². The molecule has 5 heteroatoms. The summed E-state index contributed by atoms with van der Waals surface area (Å²) in [5.74, 6) is 0. The van der Waals surface area contributed by atoms with Crippen LogP contribution in [0.25, 0.3) is 0 Å². The van der Waals surface area contributed by atoms with Crippen LogP contribution < -0.4 is 5.32 Å². The first-order valence-electron chi connectivity index (χ1n) is 8.41. The van der Waals surface area contributed by atoms with E-state index in [1.165, 1.54) is 0 Å². The molecule has 4 rings (SSSR count). The Morgan fingerprint density at radius 2 is 1.83 bits per heavy atom. The molecule has 0 radical (unpaired) electrons. The van der Waals surface area contributed by atoms with E-state index < -0.39 is 5.60 Å². The maximum Gasteiger partial charge on any atom is 0.408 e. The molecule has 0 aromatic carbocycles. The molecule has 3 fully saturated rings. The fraction of sp³-hybridized carbons (Fsp3) is 0.667. The van der Waals surface area contributed by atoms with E-state index in [9.17, 15) is 4.79 Å². The standard InChI is InChI=1S/C18H26N2O2S/c1-16(2,3)22-15(21)20-17-7-10-18(11-8-17,12-9-17)23-14-6-4-5-13-19-14/h4-6,13H,7-12H2,1-3H3,(H,20,21). The van der Waals surface area contributed by atoms with Crippen LogP contribution in [-0.2, 0) is 4.74 Å². The number of carbonyl (C=O) groups is 1. The minimum absolute atomic E-state index is 0.0608. The Labute approximate surface area is 142 Å². The third kappa shape index (κ3) is 4.00. The maximum atomic E-state index is 12.1. The average molecular weight is 334 g/mol. The molecule has 126 valence electrons. The number of nitrogens with one attached hydrogen (secondary N) is 1. The number of aromatic nitrogens is 1. The Hall–Kier alpha value is -1.23. The van der Waals surface area contributed by atoms with Gasteiger partial charge in [-0.3, -0.25) is 0 Å². The van der Waals surface area contributed by atoms with Crippen LogP contribution in [0.2, 0.25) is 0 Å². The number of ether oxygens (including phenoxy) is 1. The Bertz CT molecular complexity index is 544. The lowest BCUT2D eigenvalue weighted by Crippen LogP contribution is -2.58. The third-order valence-electron chi connectivity index (χ3n) is 4.90. The van der Waals surface area contributed by atoms with Crippen LogP contribution in [0.3, 0.4) is 0 Å². The highest BCUT2D eigenvalue weighted by atomic mass is 32.2. The molecular formula is C18H26N2O2S. The Morgan fingerprint density at radius 1 is 1.17 bits per heavy atom. The SMILES string of the molecule is CC(C)(C)OC(=O)NC12CCC(Sc3ccccn3)(CC1)CC2. The Kier molecular flexibility index (Phi) is 4.34. The molecule has 0 unspecified atom stereocenters. The predicted octanol–water partition coefficient (Wildman–Crippen LogP) is 4.54. The molecule has 1 aromatic heterocycles. The van der Waals surface area contributed by atoms with Gasteiger partial charge in [-0.25, -0.2) is 9.78 Å². The van der Waals surface area contributed by atoms with Gasteiger partial charge < -0.3 is 10.1 Å². The molecule has 4 nitrogen and oxygen atoms in total. The molecule has 0 atom stereocenters. The average Bonchev–Trinajstić information content (AvgIpc) is 2.48. The topological polar surface area (TPSA) is 51.2 Å². The molecule has 1 amide bonds. The van der Waals surface area contributed by atoms with Gasteiger partial charge in [-0.2, -0.15) is 0 Å². The highest BCUT2D eigenvalue weighted by Crippen LogP contribution is 2.55. The number of rotatable bonds is 3. The number of hydrogen-bond donors (Lipinski definition) is 1. The third-order valence-corrected chi connectivity index (χ3v) is 6.40. The highest BCUT2D eigenvalue weighted by Gasteiger charge is 2.50. The van der Waals surface area contributed by atoms with Crippen molar-refractivity contribution < 1.29 is 9.53 Å². The fourth-order valence-corrected chi connectivity index (χ4v) is 4.96. The number of pyridine rings is 1. The van der Waals surface area contributed by atoms with E-state index >= 15 is 0 Å². The molecule has 1 heterocycles. The van der Waals surface area contributed by atoms with Gasteiger partial charge in [0.05, 0.1) is 5.03 Å². The van der Waals surface area contributed by atoms with Crippen LogP contribution in [0.15, 0.2) is 29.4 Å². The zero-order valence-electron chi connectivity index (χ0n) is 14.2. The number of thioether (sulfide) groups is 1. The van der Waals surface area contributed by atoms with Gasteiger partial charge >= 0.3 is 6.09 Å². The van der Waals surface area contributed by atoms with Gasteiger partial charge in [0.1, 0.15) is 5.60 Å². The summed E-state index contributed by atoms with van der Waals surface area (Å²) in [4.78, 5) is 16.6. The summed E-state index contributed by atoms with van der Waals surface area (Å²) in [6.07, 6.45) is 8.07. The van der Waals surface area contributed by atoms with Crippen molar-refractivity contribution >= 4 is 17.9 Å². The van der Waals surface area contributed by atoms with Crippen molar-refractivity contribution in [1.82, 2.24) is 10.3 Å². The molecule has 1 N–H and O–H groups in total. The molecular weight excluding hydrogens is 308 g/mol. The van der Waals surface area contributed by atoms with Crippen molar-refractivity contribution in [3.63, 3.8) is 0 Å². The number of alkyl carbamates (subject to hydrolysis) is 1. The smallest absolute Gasteiger partial charge is 0.408 e. The van der Waals surface area contributed by atoms with E-state index in [0.717, 1.165) is 43.6 Å². The van der Waals surface area contributed by atoms with Crippen LogP contribution in [0.5, 0.6) is 0 Å². The van der Waals surface area contributed by atoms with Gasteiger partial charge in [-0.15, -0.1) is 0 Å². The second kappa shape index (κ2) is 6.00. The summed E-state index contributed by atoms with van der Waals surface area (Å²) < 4.78 is 5.74. The second-order valence-electron chi connectivity index (χ2n) is 7.86. The lowest BCUT2D eigenvalue weighted by atomic mass is 9.65.